The minimum Gasteiger partial charge on any atom is -0.397 e. The molecule has 6 heteroatoms. The van der Waals surface area contributed by atoms with Gasteiger partial charge in [0.05, 0.1) is 16.9 Å². The van der Waals surface area contributed by atoms with Crippen molar-refractivity contribution in [1.29, 1.82) is 0 Å². The first kappa shape index (κ1) is 20.6. The van der Waals surface area contributed by atoms with Crippen LogP contribution in [0, 0.1) is 0 Å². The van der Waals surface area contributed by atoms with E-state index >= 15 is 0 Å². The minimum atomic E-state index is -0.251. The summed E-state index contributed by atoms with van der Waals surface area (Å²) in [5.74, 6) is -0.288. The summed E-state index contributed by atoms with van der Waals surface area (Å²) in [4.78, 5) is 25.8. The number of rotatable bonds is 7. The molecular formula is C25H23N3O2S. The maximum atomic E-state index is 12.7. The van der Waals surface area contributed by atoms with Crippen LogP contribution in [0.3, 0.4) is 0 Å². The molecule has 0 atom stereocenters. The smallest absolute Gasteiger partial charge is 0.252 e. The summed E-state index contributed by atoms with van der Waals surface area (Å²) < 4.78 is 0. The van der Waals surface area contributed by atoms with Gasteiger partial charge in [-0.05, 0) is 59.7 Å². The summed E-state index contributed by atoms with van der Waals surface area (Å²) in [6.07, 6.45) is 7.21. The Balaban J connectivity index is 1.45. The third kappa shape index (κ3) is 5.71. The van der Waals surface area contributed by atoms with Gasteiger partial charge >= 0.3 is 0 Å². The Morgan fingerprint density at radius 3 is 2.39 bits per heavy atom. The van der Waals surface area contributed by atoms with Crippen LogP contribution in [-0.2, 0) is 9.59 Å². The molecule has 0 saturated heterocycles. The lowest BCUT2D eigenvalue weighted by Gasteiger charge is -2.07. The van der Waals surface area contributed by atoms with Crippen LogP contribution in [0.2, 0.25) is 0 Å². The Kier molecular flexibility index (Phi) is 6.29. The van der Waals surface area contributed by atoms with E-state index in [1.807, 2.05) is 60.0 Å². The quantitative estimate of drug-likeness (QED) is 0.373. The molecule has 5 nitrogen and oxygen atoms in total. The number of nitrogens with one attached hydrogen (secondary N) is 2. The predicted molar refractivity (Wildman–Crippen MR) is 128 cm³/mol. The van der Waals surface area contributed by atoms with Gasteiger partial charge in [-0.3, -0.25) is 9.59 Å². The van der Waals surface area contributed by atoms with E-state index in [0.29, 0.717) is 23.0 Å². The van der Waals surface area contributed by atoms with E-state index in [1.165, 1.54) is 6.08 Å². The highest BCUT2D eigenvalue weighted by Gasteiger charge is 2.25. The summed E-state index contributed by atoms with van der Waals surface area (Å²) in [7, 11) is 0. The molecule has 1 saturated carbocycles. The molecule has 1 heterocycles. The first-order chi connectivity index (χ1) is 15.1. The molecule has 4 N–H and O–H groups in total. The van der Waals surface area contributed by atoms with Crippen molar-refractivity contribution in [2.24, 2.45) is 0 Å². The van der Waals surface area contributed by atoms with Crippen LogP contribution in [0.25, 0.3) is 17.7 Å². The highest BCUT2D eigenvalue weighted by molar-refractivity contribution is 7.11. The number of nitrogen functional groups attached to an aromatic ring is 1. The average Bonchev–Trinajstić information content (AvgIpc) is 3.42. The van der Waals surface area contributed by atoms with Crippen molar-refractivity contribution in [2.75, 3.05) is 11.1 Å². The zero-order valence-electron chi connectivity index (χ0n) is 16.9. The lowest BCUT2D eigenvalue weighted by Crippen LogP contribution is -2.26. The Morgan fingerprint density at radius 2 is 1.71 bits per heavy atom. The third-order valence-corrected chi connectivity index (χ3v) is 5.74. The number of benzene rings is 2. The van der Waals surface area contributed by atoms with Crippen LogP contribution >= 0.6 is 11.3 Å². The zero-order chi connectivity index (χ0) is 21.6. The first-order valence-electron chi connectivity index (χ1n) is 10.1. The fourth-order valence-electron chi connectivity index (χ4n) is 3.00. The van der Waals surface area contributed by atoms with E-state index in [0.717, 1.165) is 28.8 Å². The third-order valence-electron chi connectivity index (χ3n) is 4.84. The molecule has 0 radical (unpaired) electrons. The van der Waals surface area contributed by atoms with E-state index in [9.17, 15) is 9.59 Å². The number of carbonyl (C=O) groups is 2. The van der Waals surface area contributed by atoms with Crippen LogP contribution in [0.5, 0.6) is 0 Å². The molecule has 1 aliphatic carbocycles. The lowest BCUT2D eigenvalue weighted by molar-refractivity contribution is -0.115. The summed E-state index contributed by atoms with van der Waals surface area (Å²) in [5, 5.41) is 7.80. The van der Waals surface area contributed by atoms with E-state index in [1.54, 1.807) is 29.5 Å². The number of nitrogens with two attached hydrogens (primary N) is 1. The van der Waals surface area contributed by atoms with Gasteiger partial charge in [-0.1, -0.05) is 42.5 Å². The normalized spacial score (nSPS) is 13.9. The SMILES string of the molecule is Nc1ccccc1NC(=O)C=Cc1ccc(C=C(C(=O)NC2CC2)c2cccs2)cc1. The van der Waals surface area contributed by atoms with Gasteiger partial charge in [0.25, 0.3) is 5.91 Å². The van der Waals surface area contributed by atoms with Gasteiger partial charge in [0, 0.05) is 17.0 Å². The number of para-hydroxylation sites is 2. The number of hydrogen-bond acceptors (Lipinski definition) is 4. The van der Waals surface area contributed by atoms with Gasteiger partial charge < -0.3 is 16.4 Å². The number of hydrogen-bond donors (Lipinski definition) is 3. The molecule has 31 heavy (non-hydrogen) atoms. The van der Waals surface area contributed by atoms with Crippen LogP contribution in [0.4, 0.5) is 11.4 Å². The van der Waals surface area contributed by atoms with E-state index in [4.69, 9.17) is 5.73 Å². The zero-order valence-corrected chi connectivity index (χ0v) is 17.7. The van der Waals surface area contributed by atoms with Gasteiger partial charge in [-0.2, -0.15) is 0 Å². The van der Waals surface area contributed by atoms with Gasteiger partial charge in [0.2, 0.25) is 5.91 Å². The summed E-state index contributed by atoms with van der Waals surface area (Å²) >= 11 is 1.55. The molecule has 0 bridgehead atoms. The Labute approximate surface area is 185 Å². The second-order valence-corrected chi connectivity index (χ2v) is 8.31. The standard InChI is InChI=1S/C25H23N3O2S/c26-21-4-1-2-5-22(21)28-24(29)14-11-17-7-9-18(10-8-17)16-20(23-6-3-15-31-23)25(30)27-19-12-13-19/h1-11,14-16,19H,12-13,26H2,(H,27,30)(H,28,29). The Hall–Kier alpha value is -3.64. The van der Waals surface area contributed by atoms with Crippen LogP contribution in [0.1, 0.15) is 28.8 Å². The molecule has 1 fully saturated rings. The van der Waals surface area contributed by atoms with Crippen LogP contribution in [0.15, 0.2) is 72.1 Å². The second kappa shape index (κ2) is 9.45. The number of thiophene rings is 1. The lowest BCUT2D eigenvalue weighted by atomic mass is 10.1. The van der Waals surface area contributed by atoms with Crippen molar-refractivity contribution in [3.63, 3.8) is 0 Å². The van der Waals surface area contributed by atoms with Crippen molar-refractivity contribution in [3.8, 4) is 0 Å². The van der Waals surface area contributed by atoms with Crippen molar-refractivity contribution in [1.82, 2.24) is 5.32 Å². The molecule has 2 amide bonds. The van der Waals surface area contributed by atoms with Crippen molar-refractivity contribution in [2.45, 2.75) is 18.9 Å². The van der Waals surface area contributed by atoms with Gasteiger partial charge in [-0.15, -0.1) is 11.3 Å². The van der Waals surface area contributed by atoms with Gasteiger partial charge in [-0.25, -0.2) is 0 Å². The second-order valence-electron chi connectivity index (χ2n) is 7.36. The largest absolute Gasteiger partial charge is 0.397 e. The molecule has 2 aromatic carbocycles. The number of amides is 2. The van der Waals surface area contributed by atoms with Crippen molar-refractivity contribution >= 4 is 52.3 Å². The number of anilines is 2. The topological polar surface area (TPSA) is 84.2 Å². The Morgan fingerprint density at radius 1 is 0.968 bits per heavy atom. The predicted octanol–water partition coefficient (Wildman–Crippen LogP) is 4.80. The maximum absolute atomic E-state index is 12.7. The maximum Gasteiger partial charge on any atom is 0.252 e. The highest BCUT2D eigenvalue weighted by atomic mass is 32.1. The van der Waals surface area contributed by atoms with Gasteiger partial charge in [0.15, 0.2) is 0 Å². The van der Waals surface area contributed by atoms with E-state index in [-0.39, 0.29) is 11.8 Å². The monoisotopic (exact) mass is 429 g/mol. The fourth-order valence-corrected chi connectivity index (χ4v) is 3.74. The highest BCUT2D eigenvalue weighted by Crippen LogP contribution is 2.26. The molecule has 0 aliphatic heterocycles. The number of carbonyl (C=O) groups excluding carboxylic acids is 2. The van der Waals surface area contributed by atoms with E-state index in [2.05, 4.69) is 10.6 Å². The molecule has 3 aromatic rings. The molecule has 0 spiro atoms. The molecule has 1 aliphatic rings. The van der Waals surface area contributed by atoms with Crippen molar-refractivity contribution < 1.29 is 9.59 Å². The fraction of sp³-hybridized carbons (Fsp3) is 0.120. The summed E-state index contributed by atoms with van der Waals surface area (Å²) in [6, 6.07) is 19.0. The molecule has 0 unspecified atom stereocenters. The molecular weight excluding hydrogens is 406 g/mol. The summed E-state index contributed by atoms with van der Waals surface area (Å²) in [5.41, 5.74) is 9.43. The molecule has 156 valence electrons. The summed E-state index contributed by atoms with van der Waals surface area (Å²) in [6.45, 7) is 0. The van der Waals surface area contributed by atoms with Crippen molar-refractivity contribution in [3.05, 3.63) is 88.1 Å². The average molecular weight is 430 g/mol. The van der Waals surface area contributed by atoms with Gasteiger partial charge in [0.1, 0.15) is 0 Å². The first-order valence-corrected chi connectivity index (χ1v) is 11.0. The Bertz CT molecular complexity index is 1130. The molecule has 4 rings (SSSR count). The van der Waals surface area contributed by atoms with Crippen LogP contribution in [-0.4, -0.2) is 17.9 Å². The van der Waals surface area contributed by atoms with Crippen LogP contribution < -0.4 is 16.4 Å². The molecule has 1 aromatic heterocycles. The minimum absolute atomic E-state index is 0.0363. The van der Waals surface area contributed by atoms with E-state index < -0.39 is 0 Å².